The lowest BCUT2D eigenvalue weighted by atomic mass is 9.84. The molecule has 1 heterocycles. The van der Waals surface area contributed by atoms with Crippen molar-refractivity contribution in [1.29, 1.82) is 0 Å². The van der Waals surface area contributed by atoms with Crippen LogP contribution in [0.25, 0.3) is 10.2 Å². The van der Waals surface area contributed by atoms with Gasteiger partial charge in [0.1, 0.15) is 0 Å². The fraction of sp³-hybridized carbons (Fsp3) is 0.562. The Morgan fingerprint density at radius 1 is 1.37 bits per heavy atom. The molecule has 1 aliphatic rings. The highest BCUT2D eigenvalue weighted by Crippen LogP contribution is 2.32. The van der Waals surface area contributed by atoms with Crippen LogP contribution in [0.1, 0.15) is 44.6 Å². The second kappa shape index (κ2) is 5.49. The zero-order valence-electron chi connectivity index (χ0n) is 11.8. The quantitative estimate of drug-likeness (QED) is 0.853. The summed E-state index contributed by atoms with van der Waals surface area (Å²) in [6.07, 6.45) is 6.70. The normalized spacial score (nSPS) is 23.7. The van der Waals surface area contributed by atoms with Crippen LogP contribution in [-0.2, 0) is 0 Å². The molecule has 0 spiro atoms. The molecule has 1 fully saturated rings. The van der Waals surface area contributed by atoms with Crippen LogP contribution in [0.4, 0.5) is 5.13 Å². The molecule has 0 bridgehead atoms. The lowest BCUT2D eigenvalue weighted by molar-refractivity contribution is 0.327. The Kier molecular flexibility index (Phi) is 3.74. The first-order chi connectivity index (χ1) is 9.24. The SMILES string of the molecule is CCC1CCCC(Nc2nc3ccc(C)cc3s2)C1. The van der Waals surface area contributed by atoms with Crippen LogP contribution in [0.3, 0.4) is 0 Å². The molecule has 1 aromatic heterocycles. The summed E-state index contributed by atoms with van der Waals surface area (Å²) in [4.78, 5) is 4.71. The van der Waals surface area contributed by atoms with Crippen molar-refractivity contribution in [3.63, 3.8) is 0 Å². The number of hydrogen-bond acceptors (Lipinski definition) is 3. The largest absolute Gasteiger partial charge is 0.359 e. The van der Waals surface area contributed by atoms with Gasteiger partial charge in [0.25, 0.3) is 0 Å². The minimum Gasteiger partial charge on any atom is -0.359 e. The van der Waals surface area contributed by atoms with Crippen molar-refractivity contribution >= 4 is 26.7 Å². The summed E-state index contributed by atoms with van der Waals surface area (Å²) in [6.45, 7) is 4.45. The predicted molar refractivity (Wildman–Crippen MR) is 84.0 cm³/mol. The van der Waals surface area contributed by atoms with Crippen LogP contribution < -0.4 is 5.32 Å². The van der Waals surface area contributed by atoms with E-state index in [0.29, 0.717) is 6.04 Å². The molecule has 1 saturated carbocycles. The lowest BCUT2D eigenvalue weighted by Crippen LogP contribution is -2.26. The van der Waals surface area contributed by atoms with E-state index in [9.17, 15) is 0 Å². The molecule has 19 heavy (non-hydrogen) atoms. The molecule has 1 aromatic carbocycles. The van der Waals surface area contributed by atoms with Crippen LogP contribution in [0.5, 0.6) is 0 Å². The van der Waals surface area contributed by atoms with Gasteiger partial charge in [-0.1, -0.05) is 43.6 Å². The first kappa shape index (κ1) is 12.9. The van der Waals surface area contributed by atoms with Crippen molar-refractivity contribution in [3.8, 4) is 0 Å². The van der Waals surface area contributed by atoms with Gasteiger partial charge in [0.15, 0.2) is 5.13 Å². The lowest BCUT2D eigenvalue weighted by Gasteiger charge is -2.28. The first-order valence-corrected chi connectivity index (χ1v) is 8.20. The van der Waals surface area contributed by atoms with Gasteiger partial charge in [-0.2, -0.15) is 0 Å². The molecule has 2 aromatic rings. The molecular formula is C16H22N2S. The smallest absolute Gasteiger partial charge is 0.184 e. The predicted octanol–water partition coefficient (Wildman–Crippen LogP) is 4.99. The van der Waals surface area contributed by atoms with Gasteiger partial charge in [-0.3, -0.25) is 0 Å². The molecule has 2 unspecified atom stereocenters. The summed E-state index contributed by atoms with van der Waals surface area (Å²) >= 11 is 1.79. The summed E-state index contributed by atoms with van der Waals surface area (Å²) in [5, 5.41) is 4.76. The molecule has 0 amide bonds. The van der Waals surface area contributed by atoms with Crippen molar-refractivity contribution in [3.05, 3.63) is 23.8 Å². The standard InChI is InChI=1S/C16H22N2S/c1-3-12-5-4-6-13(10-12)17-16-18-14-8-7-11(2)9-15(14)19-16/h7-9,12-13H,3-6,10H2,1-2H3,(H,17,18). The van der Waals surface area contributed by atoms with Gasteiger partial charge in [-0.25, -0.2) is 4.98 Å². The average Bonchev–Trinajstić information content (AvgIpc) is 2.80. The van der Waals surface area contributed by atoms with Gasteiger partial charge in [-0.15, -0.1) is 0 Å². The number of nitrogens with zero attached hydrogens (tertiary/aromatic N) is 1. The van der Waals surface area contributed by atoms with E-state index in [2.05, 4.69) is 37.4 Å². The van der Waals surface area contributed by atoms with Gasteiger partial charge < -0.3 is 5.32 Å². The third-order valence-electron chi connectivity index (χ3n) is 4.23. The summed E-state index contributed by atoms with van der Waals surface area (Å²) in [5.74, 6) is 0.905. The van der Waals surface area contributed by atoms with Crippen molar-refractivity contribution in [1.82, 2.24) is 4.98 Å². The minimum atomic E-state index is 0.625. The number of aromatic nitrogens is 1. The minimum absolute atomic E-state index is 0.625. The van der Waals surface area contributed by atoms with E-state index >= 15 is 0 Å². The third-order valence-corrected chi connectivity index (χ3v) is 5.18. The van der Waals surface area contributed by atoms with Crippen molar-refractivity contribution in [2.75, 3.05) is 5.32 Å². The molecule has 3 rings (SSSR count). The Labute approximate surface area is 119 Å². The van der Waals surface area contributed by atoms with Crippen LogP contribution in [0, 0.1) is 12.8 Å². The van der Waals surface area contributed by atoms with E-state index < -0.39 is 0 Å². The summed E-state index contributed by atoms with van der Waals surface area (Å²) < 4.78 is 1.30. The zero-order chi connectivity index (χ0) is 13.2. The van der Waals surface area contributed by atoms with E-state index in [4.69, 9.17) is 4.98 Å². The molecule has 2 nitrogen and oxygen atoms in total. The second-order valence-electron chi connectivity index (χ2n) is 5.77. The molecule has 1 N–H and O–H groups in total. The zero-order valence-corrected chi connectivity index (χ0v) is 12.6. The van der Waals surface area contributed by atoms with Gasteiger partial charge >= 0.3 is 0 Å². The average molecular weight is 274 g/mol. The maximum Gasteiger partial charge on any atom is 0.184 e. The van der Waals surface area contributed by atoms with E-state index in [-0.39, 0.29) is 0 Å². The first-order valence-electron chi connectivity index (χ1n) is 7.38. The highest BCUT2D eigenvalue weighted by atomic mass is 32.1. The number of fused-ring (bicyclic) bond motifs is 1. The third kappa shape index (κ3) is 2.92. The van der Waals surface area contributed by atoms with Crippen LogP contribution in [0.15, 0.2) is 18.2 Å². The highest BCUT2D eigenvalue weighted by Gasteiger charge is 2.21. The second-order valence-corrected chi connectivity index (χ2v) is 6.80. The summed E-state index contributed by atoms with van der Waals surface area (Å²) in [7, 11) is 0. The summed E-state index contributed by atoms with van der Waals surface area (Å²) in [6, 6.07) is 7.12. The number of anilines is 1. The van der Waals surface area contributed by atoms with Gasteiger partial charge in [0.05, 0.1) is 10.2 Å². The fourth-order valence-electron chi connectivity index (χ4n) is 3.06. The molecular weight excluding hydrogens is 252 g/mol. The Morgan fingerprint density at radius 3 is 3.11 bits per heavy atom. The number of aryl methyl sites for hydroxylation is 1. The Hall–Kier alpha value is -1.09. The summed E-state index contributed by atoms with van der Waals surface area (Å²) in [5.41, 5.74) is 2.44. The number of hydrogen-bond donors (Lipinski definition) is 1. The number of benzene rings is 1. The Balaban J connectivity index is 1.74. The van der Waals surface area contributed by atoms with E-state index in [1.54, 1.807) is 11.3 Å². The maximum atomic E-state index is 4.71. The molecule has 3 heteroatoms. The Bertz CT molecular complexity index is 561. The van der Waals surface area contributed by atoms with Gasteiger partial charge in [0, 0.05) is 6.04 Å². The molecule has 0 aliphatic heterocycles. The van der Waals surface area contributed by atoms with Crippen LogP contribution in [-0.4, -0.2) is 11.0 Å². The van der Waals surface area contributed by atoms with E-state index in [0.717, 1.165) is 16.6 Å². The molecule has 0 saturated heterocycles. The Morgan fingerprint density at radius 2 is 2.26 bits per heavy atom. The monoisotopic (exact) mass is 274 g/mol. The highest BCUT2D eigenvalue weighted by molar-refractivity contribution is 7.22. The number of thiazole rings is 1. The van der Waals surface area contributed by atoms with Crippen molar-refractivity contribution < 1.29 is 0 Å². The number of nitrogens with one attached hydrogen (secondary N) is 1. The van der Waals surface area contributed by atoms with Crippen LogP contribution >= 0.6 is 11.3 Å². The number of rotatable bonds is 3. The molecule has 102 valence electrons. The van der Waals surface area contributed by atoms with Gasteiger partial charge in [-0.05, 0) is 43.4 Å². The van der Waals surface area contributed by atoms with Crippen molar-refractivity contribution in [2.24, 2.45) is 5.92 Å². The van der Waals surface area contributed by atoms with Crippen molar-refractivity contribution in [2.45, 2.75) is 52.0 Å². The van der Waals surface area contributed by atoms with E-state index in [1.165, 1.54) is 42.4 Å². The molecule has 1 aliphatic carbocycles. The fourth-order valence-corrected chi connectivity index (χ4v) is 4.10. The maximum absolute atomic E-state index is 4.71. The van der Waals surface area contributed by atoms with Gasteiger partial charge in [0.2, 0.25) is 0 Å². The molecule has 2 atom stereocenters. The van der Waals surface area contributed by atoms with E-state index in [1.807, 2.05) is 0 Å². The topological polar surface area (TPSA) is 24.9 Å². The van der Waals surface area contributed by atoms with Crippen LogP contribution in [0.2, 0.25) is 0 Å². The molecule has 0 radical (unpaired) electrons.